The molecule has 1 unspecified atom stereocenters. The molecule has 7 rings (SSSR count). The quantitative estimate of drug-likeness (QED) is 0.0451. The molecule has 1 saturated heterocycles. The van der Waals surface area contributed by atoms with Gasteiger partial charge in [-0.25, -0.2) is 14.4 Å². The highest BCUT2D eigenvalue weighted by molar-refractivity contribution is 7.80. The number of nitrogens with zero attached hydrogens (tertiary/aromatic N) is 6. The lowest BCUT2D eigenvalue weighted by Crippen LogP contribution is -2.45. The molecule has 9 nitrogen and oxygen atoms in total. The number of hydrogen-bond donors (Lipinski definition) is 4. The first kappa shape index (κ1) is 38.5. The molecule has 288 valence electrons. The fraction of sp³-hybridized carbons (Fsp3) is 0.267. The van der Waals surface area contributed by atoms with E-state index < -0.39 is 5.82 Å². The van der Waals surface area contributed by atoms with Crippen molar-refractivity contribution in [3.05, 3.63) is 121 Å². The molecular formula is C45H50FN9S. The number of piperazine rings is 1. The number of thiol groups is 1. The van der Waals surface area contributed by atoms with Crippen LogP contribution in [0.1, 0.15) is 38.1 Å². The number of anilines is 2. The van der Waals surface area contributed by atoms with E-state index in [1.807, 2.05) is 13.1 Å². The Morgan fingerprint density at radius 1 is 1.00 bits per heavy atom. The molecule has 1 fully saturated rings. The summed E-state index contributed by atoms with van der Waals surface area (Å²) in [5.41, 5.74) is 7.61. The van der Waals surface area contributed by atoms with Crippen LogP contribution in [0.4, 0.5) is 15.8 Å². The van der Waals surface area contributed by atoms with Crippen molar-refractivity contribution in [2.24, 2.45) is 0 Å². The van der Waals surface area contributed by atoms with Crippen molar-refractivity contribution >= 4 is 59.0 Å². The molecule has 11 heteroatoms. The molecule has 0 aliphatic carbocycles. The number of rotatable bonds is 16. The van der Waals surface area contributed by atoms with Crippen molar-refractivity contribution < 1.29 is 4.39 Å². The largest absolute Gasteiger partial charge is 0.390 e. The number of fused-ring (bicyclic) bond motifs is 2. The number of benzene rings is 3. The van der Waals surface area contributed by atoms with E-state index in [0.717, 1.165) is 109 Å². The van der Waals surface area contributed by atoms with Crippen LogP contribution in [0, 0.1) is 5.82 Å². The average molecular weight is 768 g/mol. The van der Waals surface area contributed by atoms with Crippen molar-refractivity contribution in [3.63, 3.8) is 0 Å². The second kappa shape index (κ2) is 16.9. The van der Waals surface area contributed by atoms with Crippen LogP contribution < -0.4 is 26.2 Å². The molecule has 1 aliphatic rings. The van der Waals surface area contributed by atoms with Crippen LogP contribution in [0.25, 0.3) is 57.6 Å². The van der Waals surface area contributed by atoms with E-state index in [2.05, 4.69) is 133 Å². The summed E-state index contributed by atoms with van der Waals surface area (Å²) in [5, 5.41) is 18.5. The lowest BCUT2D eigenvalue weighted by molar-refractivity contribution is 0.310. The smallest absolute Gasteiger partial charge is 0.164 e. The van der Waals surface area contributed by atoms with Crippen molar-refractivity contribution in [2.75, 3.05) is 50.0 Å². The van der Waals surface area contributed by atoms with Crippen molar-refractivity contribution in [3.8, 4) is 22.6 Å². The summed E-state index contributed by atoms with van der Waals surface area (Å²) < 4.78 is 16.9. The first-order valence-electron chi connectivity index (χ1n) is 19.2. The van der Waals surface area contributed by atoms with Crippen molar-refractivity contribution in [1.29, 1.82) is 0 Å². The number of nitrogens with one attached hydrogen (secondary N) is 3. The number of H-pyrrole nitrogens is 1. The number of likely N-dealkylation sites (N-methyl/N-ethyl adjacent to an activating group) is 1. The number of aromatic amines is 1. The van der Waals surface area contributed by atoms with Gasteiger partial charge in [-0.1, -0.05) is 56.7 Å². The molecule has 3 N–H and O–H groups in total. The molecule has 0 spiro atoms. The Kier molecular flexibility index (Phi) is 11.6. The normalized spacial score (nSPS) is 13.6. The van der Waals surface area contributed by atoms with Gasteiger partial charge in [-0.2, -0.15) is 5.10 Å². The van der Waals surface area contributed by atoms with Crippen LogP contribution >= 0.6 is 12.6 Å². The monoisotopic (exact) mass is 767 g/mol. The van der Waals surface area contributed by atoms with Gasteiger partial charge in [0.1, 0.15) is 22.5 Å². The Balaban J connectivity index is 0.891. The van der Waals surface area contributed by atoms with Gasteiger partial charge in [0.05, 0.1) is 17.8 Å². The lowest BCUT2D eigenvalue weighted by Gasteiger charge is -2.38. The molecule has 1 aliphatic heterocycles. The zero-order valence-corrected chi connectivity index (χ0v) is 33.0. The highest BCUT2D eigenvalue weighted by Gasteiger charge is 2.21. The standard InChI is InChI=1S/C45H50FN9S/c1-7-8-14-40(30(3)47-6)55-31(4)36-21-18-34(27-37(36)32(55)5)48-22-10-9-12-29(2)53-23-25-54(26-24-53)35-19-16-33(17-20-35)43-44-39(51-52-43)28-49-45(50-44)42-38(46)13-11-15-41(42)56/h7,11,13,15-21,27-28,40,47-48,56H,1-5,8-10,12,14,22-26H2,6H3,(H,51,52). The predicted molar refractivity (Wildman–Crippen MR) is 234 cm³/mol. The fourth-order valence-corrected chi connectivity index (χ4v) is 7.96. The minimum absolute atomic E-state index is 0.0587. The molecule has 6 aromatic rings. The number of unbranched alkanes of at least 4 members (excludes halogenated alkanes) is 1. The summed E-state index contributed by atoms with van der Waals surface area (Å²) >= 11 is 4.43. The SMILES string of the molecule is C=CCCC(C(=C)NC)n1c(=C)c2ccc(NCCCCC(=C)N3CCN(c4ccc(-c5n[nH]c6cnc(-c7c(F)cccc7S)nc56)cc4)CC3)cc2c1=C. The maximum Gasteiger partial charge on any atom is 0.164 e. The summed E-state index contributed by atoms with van der Waals surface area (Å²) in [6.07, 6.45) is 8.44. The van der Waals surface area contributed by atoms with Gasteiger partial charge < -0.3 is 25.0 Å². The van der Waals surface area contributed by atoms with Crippen LogP contribution in [0.15, 0.2) is 109 Å². The maximum absolute atomic E-state index is 14.7. The van der Waals surface area contributed by atoms with Crippen LogP contribution in [-0.4, -0.2) is 69.4 Å². The van der Waals surface area contributed by atoms with Crippen LogP contribution in [0.2, 0.25) is 0 Å². The summed E-state index contributed by atoms with van der Waals surface area (Å²) in [6, 6.07) is 19.6. The lowest BCUT2D eigenvalue weighted by atomic mass is 10.1. The van der Waals surface area contributed by atoms with Crippen LogP contribution in [0.3, 0.4) is 0 Å². The van der Waals surface area contributed by atoms with E-state index >= 15 is 0 Å². The third-order valence-electron chi connectivity index (χ3n) is 10.9. The van der Waals surface area contributed by atoms with Gasteiger partial charge in [-0.05, 0) is 68.5 Å². The zero-order chi connectivity index (χ0) is 39.3. The summed E-state index contributed by atoms with van der Waals surface area (Å²) in [5.74, 6) is -0.137. The Morgan fingerprint density at radius 2 is 1.77 bits per heavy atom. The van der Waals surface area contributed by atoms with E-state index in [0.29, 0.717) is 21.6 Å². The fourth-order valence-electron chi connectivity index (χ4n) is 7.67. The highest BCUT2D eigenvalue weighted by atomic mass is 32.1. The topological polar surface area (TPSA) is 89.9 Å². The van der Waals surface area contributed by atoms with Gasteiger partial charge in [0, 0.05) is 94.5 Å². The van der Waals surface area contributed by atoms with Gasteiger partial charge in [-0.3, -0.25) is 5.10 Å². The molecule has 56 heavy (non-hydrogen) atoms. The number of halogens is 1. The van der Waals surface area contributed by atoms with Gasteiger partial charge in [-0.15, -0.1) is 19.2 Å². The van der Waals surface area contributed by atoms with Gasteiger partial charge in [0.2, 0.25) is 0 Å². The molecule has 0 radical (unpaired) electrons. The Bertz CT molecular complexity index is 2480. The van der Waals surface area contributed by atoms with Gasteiger partial charge >= 0.3 is 0 Å². The number of aromatic nitrogens is 5. The molecule has 4 heterocycles. The zero-order valence-electron chi connectivity index (χ0n) is 32.1. The molecule has 3 aromatic heterocycles. The number of hydrogen-bond acceptors (Lipinski definition) is 8. The minimum atomic E-state index is -0.414. The summed E-state index contributed by atoms with van der Waals surface area (Å²) in [4.78, 5) is 14.4. The summed E-state index contributed by atoms with van der Waals surface area (Å²) in [7, 11) is 1.91. The molecular weight excluding hydrogens is 718 g/mol. The first-order chi connectivity index (χ1) is 27.2. The summed E-state index contributed by atoms with van der Waals surface area (Å²) in [6.45, 7) is 26.1. The highest BCUT2D eigenvalue weighted by Crippen LogP contribution is 2.32. The Labute approximate surface area is 333 Å². The van der Waals surface area contributed by atoms with Gasteiger partial charge in [0.25, 0.3) is 0 Å². The third kappa shape index (κ3) is 7.81. The van der Waals surface area contributed by atoms with E-state index in [-0.39, 0.29) is 17.4 Å². The molecule has 0 amide bonds. The molecule has 0 bridgehead atoms. The first-order valence-corrected chi connectivity index (χ1v) is 19.6. The number of allylic oxidation sites excluding steroid dienone is 3. The van der Waals surface area contributed by atoms with E-state index in [4.69, 9.17) is 0 Å². The predicted octanol–water partition coefficient (Wildman–Crippen LogP) is 8.05. The van der Waals surface area contributed by atoms with E-state index in [1.165, 1.54) is 11.8 Å². The molecule has 0 saturated carbocycles. The van der Waals surface area contributed by atoms with Crippen molar-refractivity contribution in [1.82, 2.24) is 34.9 Å². The van der Waals surface area contributed by atoms with Crippen molar-refractivity contribution in [2.45, 2.75) is 43.0 Å². The van der Waals surface area contributed by atoms with Gasteiger partial charge in [0.15, 0.2) is 5.82 Å². The Morgan fingerprint density at radius 3 is 2.50 bits per heavy atom. The minimum Gasteiger partial charge on any atom is -0.390 e. The molecule has 1 atom stereocenters. The van der Waals surface area contributed by atoms with E-state index in [9.17, 15) is 4.39 Å². The maximum atomic E-state index is 14.7. The second-order valence-corrected chi connectivity index (χ2v) is 14.8. The third-order valence-corrected chi connectivity index (χ3v) is 11.2. The van der Waals surface area contributed by atoms with Crippen LogP contribution in [-0.2, 0) is 0 Å². The van der Waals surface area contributed by atoms with Crippen LogP contribution in [0.5, 0.6) is 0 Å². The Hall–Kier alpha value is -5.81. The molecule has 3 aromatic carbocycles. The van der Waals surface area contributed by atoms with E-state index in [1.54, 1.807) is 18.3 Å². The second-order valence-electron chi connectivity index (χ2n) is 14.3. The average Bonchev–Trinajstić information content (AvgIpc) is 3.75.